The maximum absolute atomic E-state index is 12.1. The third-order valence-electron chi connectivity index (χ3n) is 3.95. The summed E-state index contributed by atoms with van der Waals surface area (Å²) in [6.07, 6.45) is 5.09. The number of amides is 1. The quantitative estimate of drug-likeness (QED) is 0.880. The molecule has 1 aromatic heterocycles. The van der Waals surface area contributed by atoms with Gasteiger partial charge in [-0.3, -0.25) is 9.59 Å². The Hall–Kier alpha value is -2.14. The molecule has 0 atom stereocenters. The summed E-state index contributed by atoms with van der Waals surface area (Å²) < 4.78 is 1.25. The van der Waals surface area contributed by atoms with Crippen molar-refractivity contribution in [2.45, 2.75) is 38.6 Å². The number of nitrogens with zero attached hydrogens (tertiary/aromatic N) is 2. The van der Waals surface area contributed by atoms with Crippen LogP contribution >= 0.6 is 11.6 Å². The molecule has 0 bridgehead atoms. The van der Waals surface area contributed by atoms with Gasteiger partial charge in [-0.25, -0.2) is 4.68 Å². The number of aryl methyl sites for hydroxylation is 2. The van der Waals surface area contributed by atoms with Crippen LogP contribution in [0.25, 0.3) is 0 Å². The minimum absolute atomic E-state index is 0.0886. The lowest BCUT2D eigenvalue weighted by Crippen LogP contribution is -2.30. The Morgan fingerprint density at radius 3 is 2.70 bits per heavy atom. The third kappa shape index (κ3) is 3.99. The van der Waals surface area contributed by atoms with Crippen LogP contribution in [0.3, 0.4) is 0 Å². The van der Waals surface area contributed by atoms with E-state index in [0.29, 0.717) is 10.7 Å². The Kier molecular flexibility index (Phi) is 4.76. The standard InChI is InChI=1S/C17H18ClN3O2/c18-13-6-8-14(9-7-13)19-16(22)11-21-17(23)10-12-4-2-1-3-5-15(12)20-21/h6-10H,1-5,11H2,(H,19,22). The van der Waals surface area contributed by atoms with Crippen LogP contribution < -0.4 is 10.9 Å². The van der Waals surface area contributed by atoms with Crippen molar-refractivity contribution in [1.82, 2.24) is 9.78 Å². The van der Waals surface area contributed by atoms with Crippen LogP contribution in [0, 0.1) is 0 Å². The molecule has 0 radical (unpaired) electrons. The highest BCUT2D eigenvalue weighted by atomic mass is 35.5. The Morgan fingerprint density at radius 2 is 1.91 bits per heavy atom. The molecule has 1 aliphatic rings. The van der Waals surface area contributed by atoms with E-state index in [1.54, 1.807) is 30.3 Å². The molecule has 0 spiro atoms. The predicted octanol–water partition coefficient (Wildman–Crippen LogP) is 2.80. The van der Waals surface area contributed by atoms with Crippen LogP contribution in [0.2, 0.25) is 5.02 Å². The van der Waals surface area contributed by atoms with Gasteiger partial charge in [0, 0.05) is 16.8 Å². The van der Waals surface area contributed by atoms with E-state index in [-0.39, 0.29) is 18.0 Å². The maximum Gasteiger partial charge on any atom is 0.267 e. The Balaban J connectivity index is 1.74. The van der Waals surface area contributed by atoms with Gasteiger partial charge < -0.3 is 5.32 Å². The molecule has 0 aliphatic heterocycles. The molecule has 1 heterocycles. The van der Waals surface area contributed by atoms with Crippen LogP contribution in [0.4, 0.5) is 5.69 Å². The van der Waals surface area contributed by atoms with Gasteiger partial charge in [0.15, 0.2) is 0 Å². The summed E-state index contributed by atoms with van der Waals surface area (Å²) >= 11 is 5.81. The van der Waals surface area contributed by atoms with Crippen molar-refractivity contribution in [1.29, 1.82) is 0 Å². The van der Waals surface area contributed by atoms with Gasteiger partial charge >= 0.3 is 0 Å². The van der Waals surface area contributed by atoms with Crippen molar-refractivity contribution in [2.75, 3.05) is 5.32 Å². The number of anilines is 1. The summed E-state index contributed by atoms with van der Waals surface area (Å²) in [5.74, 6) is -0.282. The van der Waals surface area contributed by atoms with E-state index in [1.807, 2.05) is 0 Å². The molecule has 5 nitrogen and oxygen atoms in total. The van der Waals surface area contributed by atoms with Gasteiger partial charge in [-0.15, -0.1) is 0 Å². The highest BCUT2D eigenvalue weighted by Gasteiger charge is 2.14. The van der Waals surface area contributed by atoms with Gasteiger partial charge in [-0.05, 0) is 55.5 Å². The van der Waals surface area contributed by atoms with Gasteiger partial charge in [0.1, 0.15) is 6.54 Å². The van der Waals surface area contributed by atoms with Crippen LogP contribution in [0.1, 0.15) is 30.5 Å². The molecular weight excluding hydrogens is 314 g/mol. The van der Waals surface area contributed by atoms with Gasteiger partial charge in [-0.2, -0.15) is 5.10 Å². The van der Waals surface area contributed by atoms with Crippen LogP contribution in [-0.2, 0) is 24.2 Å². The van der Waals surface area contributed by atoms with E-state index in [9.17, 15) is 9.59 Å². The number of nitrogens with one attached hydrogen (secondary N) is 1. The minimum atomic E-state index is -0.282. The molecule has 1 N–H and O–H groups in total. The first-order chi connectivity index (χ1) is 11.1. The number of hydrogen-bond acceptors (Lipinski definition) is 3. The minimum Gasteiger partial charge on any atom is -0.324 e. The summed E-state index contributed by atoms with van der Waals surface area (Å²) in [5, 5.41) is 7.73. The lowest BCUT2D eigenvalue weighted by Gasteiger charge is -2.10. The summed E-state index contributed by atoms with van der Waals surface area (Å²) in [6.45, 7) is -0.0886. The zero-order valence-electron chi connectivity index (χ0n) is 12.7. The monoisotopic (exact) mass is 331 g/mol. The van der Waals surface area contributed by atoms with Crippen molar-refractivity contribution in [3.8, 4) is 0 Å². The second kappa shape index (κ2) is 6.96. The van der Waals surface area contributed by atoms with Crippen LogP contribution in [0.15, 0.2) is 35.1 Å². The number of rotatable bonds is 3. The van der Waals surface area contributed by atoms with Crippen molar-refractivity contribution < 1.29 is 4.79 Å². The molecular formula is C17H18ClN3O2. The number of carbonyl (C=O) groups excluding carboxylic acids is 1. The average molecular weight is 332 g/mol. The van der Waals surface area contributed by atoms with E-state index in [2.05, 4.69) is 10.4 Å². The number of aromatic nitrogens is 2. The number of fused-ring (bicyclic) bond motifs is 1. The van der Waals surface area contributed by atoms with Crippen molar-refractivity contribution in [2.24, 2.45) is 0 Å². The van der Waals surface area contributed by atoms with E-state index < -0.39 is 0 Å². The molecule has 6 heteroatoms. The maximum atomic E-state index is 12.1. The molecule has 0 unspecified atom stereocenters. The fraction of sp³-hybridized carbons (Fsp3) is 0.353. The smallest absolute Gasteiger partial charge is 0.267 e. The Bertz CT molecular complexity index is 768. The summed E-state index contributed by atoms with van der Waals surface area (Å²) in [7, 11) is 0. The fourth-order valence-electron chi connectivity index (χ4n) is 2.76. The van der Waals surface area contributed by atoms with Crippen molar-refractivity contribution >= 4 is 23.2 Å². The van der Waals surface area contributed by atoms with E-state index in [4.69, 9.17) is 11.6 Å². The Labute approximate surface area is 139 Å². The van der Waals surface area contributed by atoms with Crippen molar-refractivity contribution in [3.05, 3.63) is 57.0 Å². The molecule has 0 fully saturated rings. The van der Waals surface area contributed by atoms with E-state index >= 15 is 0 Å². The molecule has 2 aromatic rings. The van der Waals surface area contributed by atoms with Gasteiger partial charge in [0.2, 0.25) is 5.91 Å². The van der Waals surface area contributed by atoms with Gasteiger partial charge in [0.05, 0.1) is 5.69 Å². The average Bonchev–Trinajstić information content (AvgIpc) is 2.75. The summed E-state index contributed by atoms with van der Waals surface area (Å²) in [6, 6.07) is 8.46. The number of benzene rings is 1. The van der Waals surface area contributed by atoms with Gasteiger partial charge in [-0.1, -0.05) is 18.0 Å². The molecule has 1 aromatic carbocycles. The fourth-order valence-corrected chi connectivity index (χ4v) is 2.89. The predicted molar refractivity (Wildman–Crippen MR) is 89.8 cm³/mol. The molecule has 23 heavy (non-hydrogen) atoms. The normalized spacial score (nSPS) is 14.0. The molecule has 1 aliphatic carbocycles. The highest BCUT2D eigenvalue weighted by Crippen LogP contribution is 2.17. The van der Waals surface area contributed by atoms with E-state index in [0.717, 1.165) is 43.4 Å². The highest BCUT2D eigenvalue weighted by molar-refractivity contribution is 6.30. The number of carbonyl (C=O) groups is 1. The zero-order chi connectivity index (χ0) is 16.2. The molecule has 0 saturated heterocycles. The zero-order valence-corrected chi connectivity index (χ0v) is 13.5. The summed E-state index contributed by atoms with van der Waals surface area (Å²) in [5.41, 5.74) is 2.39. The topological polar surface area (TPSA) is 64.0 Å². The second-order valence-corrected chi connectivity index (χ2v) is 6.16. The first-order valence-electron chi connectivity index (χ1n) is 7.77. The first kappa shape index (κ1) is 15.7. The third-order valence-corrected chi connectivity index (χ3v) is 4.20. The molecule has 1 amide bonds. The SMILES string of the molecule is O=C(Cn1nc2c(cc1=O)CCCCC2)Nc1ccc(Cl)cc1. The first-order valence-corrected chi connectivity index (χ1v) is 8.15. The van der Waals surface area contributed by atoms with Gasteiger partial charge in [0.25, 0.3) is 5.56 Å². The molecule has 3 rings (SSSR count). The van der Waals surface area contributed by atoms with Crippen molar-refractivity contribution in [3.63, 3.8) is 0 Å². The Morgan fingerprint density at radius 1 is 1.17 bits per heavy atom. The van der Waals surface area contributed by atoms with E-state index in [1.165, 1.54) is 4.68 Å². The van der Waals surface area contributed by atoms with Crippen LogP contribution in [0.5, 0.6) is 0 Å². The lowest BCUT2D eigenvalue weighted by atomic mass is 10.1. The number of halogens is 1. The summed E-state index contributed by atoms with van der Waals surface area (Å²) in [4.78, 5) is 24.3. The molecule has 120 valence electrons. The lowest BCUT2D eigenvalue weighted by molar-refractivity contribution is -0.117. The number of hydrogen-bond donors (Lipinski definition) is 1. The van der Waals surface area contributed by atoms with Crippen LogP contribution in [-0.4, -0.2) is 15.7 Å². The largest absolute Gasteiger partial charge is 0.324 e. The molecule has 0 saturated carbocycles. The second-order valence-electron chi connectivity index (χ2n) is 5.73.